The summed E-state index contributed by atoms with van der Waals surface area (Å²) >= 11 is 0. The van der Waals surface area contributed by atoms with Crippen molar-refractivity contribution in [1.82, 2.24) is 5.32 Å². The molecule has 2 aliphatic carbocycles. The highest BCUT2D eigenvalue weighted by atomic mass is 14.9. The van der Waals surface area contributed by atoms with Crippen LogP contribution in [0.3, 0.4) is 0 Å². The van der Waals surface area contributed by atoms with Gasteiger partial charge in [0.05, 0.1) is 0 Å². The first-order valence-corrected chi connectivity index (χ1v) is 8.09. The summed E-state index contributed by atoms with van der Waals surface area (Å²) in [5.74, 6) is 3.01. The van der Waals surface area contributed by atoms with Gasteiger partial charge in [-0.05, 0) is 57.4 Å². The molecule has 0 heterocycles. The molecule has 0 amide bonds. The Bertz CT molecular complexity index is 277. The maximum Gasteiger partial charge on any atom is 0.0280 e. The zero-order chi connectivity index (χ0) is 13.0. The molecule has 0 aromatic heterocycles. The molecule has 0 saturated heterocycles. The predicted octanol–water partition coefficient (Wildman–Crippen LogP) is 4.54. The number of rotatable bonds is 4. The summed E-state index contributed by atoms with van der Waals surface area (Å²) in [4.78, 5) is 0. The molecule has 0 radical (unpaired) electrons. The van der Waals surface area contributed by atoms with Crippen LogP contribution in [0.1, 0.15) is 65.7 Å². The Labute approximate surface area is 113 Å². The monoisotopic (exact) mass is 249 g/mol. The molecule has 0 spiro atoms. The van der Waals surface area contributed by atoms with Gasteiger partial charge in [-0.25, -0.2) is 0 Å². The van der Waals surface area contributed by atoms with Crippen molar-refractivity contribution in [1.29, 1.82) is 0 Å². The fraction of sp³-hybridized carbons (Fsp3) is 0.882. The van der Waals surface area contributed by atoms with Crippen LogP contribution in [0.2, 0.25) is 0 Å². The first kappa shape index (κ1) is 14.1. The van der Waals surface area contributed by atoms with Gasteiger partial charge in [-0.1, -0.05) is 44.3 Å². The molecule has 4 unspecified atom stereocenters. The summed E-state index contributed by atoms with van der Waals surface area (Å²) in [6.07, 6.45) is 12.9. The second kappa shape index (κ2) is 6.75. The van der Waals surface area contributed by atoms with Crippen LogP contribution >= 0.6 is 0 Å². The van der Waals surface area contributed by atoms with Gasteiger partial charge < -0.3 is 5.32 Å². The highest BCUT2D eigenvalue weighted by molar-refractivity contribution is 5.04. The van der Waals surface area contributed by atoms with Crippen molar-refractivity contribution in [2.45, 2.75) is 71.8 Å². The van der Waals surface area contributed by atoms with E-state index < -0.39 is 0 Å². The summed E-state index contributed by atoms with van der Waals surface area (Å²) in [6.45, 7) is 7.80. The minimum Gasteiger partial charge on any atom is -0.311 e. The molecule has 2 aliphatic rings. The van der Waals surface area contributed by atoms with Gasteiger partial charge >= 0.3 is 0 Å². The number of allylic oxidation sites excluding steroid dienone is 1. The predicted molar refractivity (Wildman–Crippen MR) is 79.7 cm³/mol. The molecule has 0 aromatic rings. The van der Waals surface area contributed by atoms with E-state index in [9.17, 15) is 0 Å². The molecular weight excluding hydrogens is 218 g/mol. The third kappa shape index (κ3) is 3.60. The quantitative estimate of drug-likeness (QED) is 0.721. The zero-order valence-electron chi connectivity index (χ0n) is 12.5. The largest absolute Gasteiger partial charge is 0.311 e. The normalized spacial score (nSPS) is 33.6. The molecule has 0 aromatic carbocycles. The lowest BCUT2D eigenvalue weighted by atomic mass is 9.66. The highest BCUT2D eigenvalue weighted by Crippen LogP contribution is 2.43. The number of nitrogens with one attached hydrogen (secondary N) is 1. The third-order valence-corrected chi connectivity index (χ3v) is 5.04. The molecule has 1 N–H and O–H groups in total. The summed E-state index contributed by atoms with van der Waals surface area (Å²) in [5, 5.41) is 3.70. The fourth-order valence-corrected chi connectivity index (χ4v) is 4.19. The van der Waals surface area contributed by atoms with Crippen LogP contribution in [0.15, 0.2) is 11.6 Å². The van der Waals surface area contributed by atoms with Crippen LogP contribution in [-0.4, -0.2) is 12.6 Å². The minimum absolute atomic E-state index is 0.628. The van der Waals surface area contributed by atoms with Crippen LogP contribution in [0.4, 0.5) is 0 Å². The molecule has 2 rings (SSSR count). The number of fused-ring (bicyclic) bond motifs is 1. The van der Waals surface area contributed by atoms with Crippen LogP contribution in [0.25, 0.3) is 0 Å². The van der Waals surface area contributed by atoms with Crippen LogP contribution < -0.4 is 5.32 Å². The fourth-order valence-electron chi connectivity index (χ4n) is 4.19. The van der Waals surface area contributed by atoms with Crippen molar-refractivity contribution in [2.24, 2.45) is 17.8 Å². The van der Waals surface area contributed by atoms with Crippen LogP contribution in [0, 0.1) is 17.8 Å². The second-order valence-electron chi connectivity index (χ2n) is 6.71. The molecular formula is C17H31N. The van der Waals surface area contributed by atoms with Gasteiger partial charge in [0.2, 0.25) is 0 Å². The SMILES string of the molecule is CCNC(C=C(C)C)C1CCC2CCCCC2C1. The molecule has 104 valence electrons. The zero-order valence-corrected chi connectivity index (χ0v) is 12.5. The van der Waals surface area contributed by atoms with Gasteiger partial charge in [0, 0.05) is 6.04 Å². The summed E-state index contributed by atoms with van der Waals surface area (Å²) < 4.78 is 0. The molecule has 2 fully saturated rings. The topological polar surface area (TPSA) is 12.0 Å². The molecule has 0 bridgehead atoms. The highest BCUT2D eigenvalue weighted by Gasteiger charge is 2.34. The van der Waals surface area contributed by atoms with Gasteiger partial charge in [0.1, 0.15) is 0 Å². The van der Waals surface area contributed by atoms with E-state index in [2.05, 4.69) is 32.2 Å². The van der Waals surface area contributed by atoms with Crippen molar-refractivity contribution >= 4 is 0 Å². The molecule has 2 saturated carbocycles. The Morgan fingerprint density at radius 3 is 2.50 bits per heavy atom. The average molecular weight is 249 g/mol. The van der Waals surface area contributed by atoms with Crippen LogP contribution in [-0.2, 0) is 0 Å². The average Bonchev–Trinajstić information content (AvgIpc) is 2.37. The van der Waals surface area contributed by atoms with Crippen molar-refractivity contribution < 1.29 is 0 Å². The van der Waals surface area contributed by atoms with Crippen molar-refractivity contribution in [3.8, 4) is 0 Å². The Morgan fingerprint density at radius 2 is 1.83 bits per heavy atom. The first-order valence-electron chi connectivity index (χ1n) is 8.09. The van der Waals surface area contributed by atoms with E-state index in [0.29, 0.717) is 6.04 Å². The maximum absolute atomic E-state index is 3.70. The maximum atomic E-state index is 3.70. The lowest BCUT2D eigenvalue weighted by molar-refractivity contribution is 0.118. The van der Waals surface area contributed by atoms with Gasteiger partial charge in [0.15, 0.2) is 0 Å². The van der Waals surface area contributed by atoms with Crippen LogP contribution in [0.5, 0.6) is 0 Å². The summed E-state index contributed by atoms with van der Waals surface area (Å²) in [5.41, 5.74) is 1.46. The molecule has 1 nitrogen and oxygen atoms in total. The Balaban J connectivity index is 1.96. The van der Waals surface area contributed by atoms with E-state index in [1.807, 2.05) is 0 Å². The van der Waals surface area contributed by atoms with Crippen molar-refractivity contribution in [2.75, 3.05) is 6.54 Å². The Morgan fingerprint density at radius 1 is 1.11 bits per heavy atom. The third-order valence-electron chi connectivity index (χ3n) is 5.04. The number of hydrogen-bond donors (Lipinski definition) is 1. The Kier molecular flexibility index (Phi) is 5.29. The number of hydrogen-bond acceptors (Lipinski definition) is 1. The molecule has 1 heteroatoms. The lowest BCUT2D eigenvalue weighted by Gasteiger charge is -2.41. The minimum atomic E-state index is 0.628. The second-order valence-corrected chi connectivity index (χ2v) is 6.71. The van der Waals surface area contributed by atoms with E-state index >= 15 is 0 Å². The lowest BCUT2D eigenvalue weighted by Crippen LogP contribution is -2.40. The van der Waals surface area contributed by atoms with Crippen molar-refractivity contribution in [3.05, 3.63) is 11.6 Å². The van der Waals surface area contributed by atoms with Gasteiger partial charge in [-0.2, -0.15) is 0 Å². The van der Waals surface area contributed by atoms with Gasteiger partial charge in [-0.15, -0.1) is 0 Å². The Hall–Kier alpha value is -0.300. The van der Waals surface area contributed by atoms with E-state index in [0.717, 1.165) is 24.3 Å². The van der Waals surface area contributed by atoms with Gasteiger partial charge in [0.25, 0.3) is 0 Å². The summed E-state index contributed by atoms with van der Waals surface area (Å²) in [6, 6.07) is 0.628. The van der Waals surface area contributed by atoms with E-state index in [1.54, 1.807) is 0 Å². The molecule has 0 aliphatic heterocycles. The van der Waals surface area contributed by atoms with E-state index in [1.165, 1.54) is 50.5 Å². The standard InChI is InChI=1S/C17H31N/c1-4-18-17(11-13(2)3)16-10-9-14-7-5-6-8-15(14)12-16/h11,14-18H,4-10,12H2,1-3H3. The first-order chi connectivity index (χ1) is 8.70. The number of likely N-dealkylation sites (N-methyl/N-ethyl adjacent to an activating group) is 1. The van der Waals surface area contributed by atoms with Gasteiger partial charge in [-0.3, -0.25) is 0 Å². The smallest absolute Gasteiger partial charge is 0.0280 e. The molecule has 18 heavy (non-hydrogen) atoms. The summed E-state index contributed by atoms with van der Waals surface area (Å²) in [7, 11) is 0. The molecule has 4 atom stereocenters. The van der Waals surface area contributed by atoms with Crippen molar-refractivity contribution in [3.63, 3.8) is 0 Å². The van der Waals surface area contributed by atoms with E-state index in [4.69, 9.17) is 0 Å². The van der Waals surface area contributed by atoms with E-state index in [-0.39, 0.29) is 0 Å².